The van der Waals surface area contributed by atoms with Crippen molar-refractivity contribution in [2.45, 2.75) is 51.6 Å². The lowest BCUT2D eigenvalue weighted by Crippen LogP contribution is -2.14. The lowest BCUT2D eigenvalue weighted by Gasteiger charge is -2.16. The summed E-state index contributed by atoms with van der Waals surface area (Å²) >= 11 is 0. The Morgan fingerprint density at radius 1 is 1.11 bits per heavy atom. The van der Waals surface area contributed by atoms with Crippen molar-refractivity contribution in [3.8, 4) is 0 Å². The molecule has 0 aromatic heterocycles. The van der Waals surface area contributed by atoms with Gasteiger partial charge in [-0.2, -0.15) is 0 Å². The van der Waals surface area contributed by atoms with Gasteiger partial charge in [-0.05, 0) is 0 Å². The maximum atomic E-state index is 2.30. The highest BCUT2D eigenvalue weighted by atomic mass is 14.0. The zero-order valence-electron chi connectivity index (χ0n) is 6.53. The van der Waals surface area contributed by atoms with Crippen LogP contribution in [0, 0.1) is 0 Å². The molecule has 0 aromatic carbocycles. The molecule has 0 radical (unpaired) electrons. The molecule has 1 aliphatic rings. The average molecular weight is 124 g/mol. The molecule has 0 aromatic rings. The van der Waals surface area contributed by atoms with Crippen molar-refractivity contribution in [1.29, 1.82) is 0 Å². The van der Waals surface area contributed by atoms with Crippen molar-refractivity contribution in [3.63, 3.8) is 0 Å². The summed E-state index contributed by atoms with van der Waals surface area (Å²) < 4.78 is 0. The highest BCUT2D eigenvalue weighted by Gasteiger charge is 2.14. The summed E-state index contributed by atoms with van der Waals surface area (Å²) in [5, 5.41) is 0. The standard InChI is InChI=1S/C8H17B/c1-2-6-9-7-4-3-5-8-9/h2-8H2,1H3. The van der Waals surface area contributed by atoms with E-state index in [9.17, 15) is 0 Å². The zero-order valence-corrected chi connectivity index (χ0v) is 6.53. The summed E-state index contributed by atoms with van der Waals surface area (Å²) in [6.07, 6.45) is 10.4. The molecule has 9 heavy (non-hydrogen) atoms. The van der Waals surface area contributed by atoms with E-state index in [1.807, 2.05) is 0 Å². The van der Waals surface area contributed by atoms with E-state index in [2.05, 4.69) is 6.92 Å². The van der Waals surface area contributed by atoms with Crippen LogP contribution in [0.2, 0.25) is 19.0 Å². The van der Waals surface area contributed by atoms with Gasteiger partial charge in [-0.1, -0.05) is 51.6 Å². The Labute approximate surface area is 59.1 Å². The summed E-state index contributed by atoms with van der Waals surface area (Å²) in [6.45, 7) is 3.40. The predicted octanol–water partition coefficient (Wildman–Crippen LogP) is 3.08. The van der Waals surface area contributed by atoms with Gasteiger partial charge in [0.1, 0.15) is 6.71 Å². The van der Waals surface area contributed by atoms with Crippen LogP contribution >= 0.6 is 0 Å². The van der Waals surface area contributed by atoms with E-state index in [0.717, 1.165) is 6.71 Å². The van der Waals surface area contributed by atoms with Gasteiger partial charge in [-0.3, -0.25) is 0 Å². The molecule has 0 N–H and O–H groups in total. The Kier molecular flexibility index (Phi) is 3.17. The molecular formula is C8H17B. The largest absolute Gasteiger partial charge is 0.139 e. The third kappa shape index (κ3) is 2.42. The van der Waals surface area contributed by atoms with Crippen molar-refractivity contribution < 1.29 is 0 Å². The van der Waals surface area contributed by atoms with E-state index in [0.29, 0.717) is 0 Å². The van der Waals surface area contributed by atoms with Crippen molar-refractivity contribution in [2.24, 2.45) is 0 Å². The van der Waals surface area contributed by atoms with Crippen LogP contribution in [0.15, 0.2) is 0 Å². The van der Waals surface area contributed by atoms with Gasteiger partial charge in [-0.25, -0.2) is 0 Å². The van der Waals surface area contributed by atoms with Gasteiger partial charge in [0.25, 0.3) is 0 Å². The van der Waals surface area contributed by atoms with E-state index < -0.39 is 0 Å². The van der Waals surface area contributed by atoms with E-state index >= 15 is 0 Å². The number of hydrogen-bond acceptors (Lipinski definition) is 0. The highest BCUT2D eigenvalue weighted by molar-refractivity contribution is 6.58. The van der Waals surface area contributed by atoms with Gasteiger partial charge in [0.15, 0.2) is 0 Å². The van der Waals surface area contributed by atoms with Crippen LogP contribution in [0.25, 0.3) is 0 Å². The second-order valence-electron chi connectivity index (χ2n) is 3.29. The maximum Gasteiger partial charge on any atom is 0.139 e. The fourth-order valence-electron chi connectivity index (χ4n) is 1.88. The Balaban J connectivity index is 2.08. The van der Waals surface area contributed by atoms with Crippen molar-refractivity contribution in [2.75, 3.05) is 0 Å². The normalized spacial score (nSPS) is 20.3. The van der Waals surface area contributed by atoms with Gasteiger partial charge in [-0.15, -0.1) is 0 Å². The van der Waals surface area contributed by atoms with Crippen LogP contribution < -0.4 is 0 Å². The molecule has 1 aliphatic heterocycles. The minimum atomic E-state index is 1.10. The molecule has 1 fully saturated rings. The minimum absolute atomic E-state index is 1.10. The number of rotatable bonds is 2. The minimum Gasteiger partial charge on any atom is -0.0744 e. The third-order valence-electron chi connectivity index (χ3n) is 2.42. The van der Waals surface area contributed by atoms with Crippen LogP contribution in [-0.2, 0) is 0 Å². The second-order valence-corrected chi connectivity index (χ2v) is 3.29. The predicted molar refractivity (Wildman–Crippen MR) is 44.3 cm³/mol. The molecule has 0 nitrogen and oxygen atoms in total. The maximum absolute atomic E-state index is 2.30. The molecule has 52 valence electrons. The SMILES string of the molecule is CCCB1CCCCC1. The Morgan fingerprint density at radius 2 is 1.78 bits per heavy atom. The molecule has 0 amide bonds. The Hall–Kier alpha value is 0.0649. The molecule has 0 aliphatic carbocycles. The van der Waals surface area contributed by atoms with E-state index in [-0.39, 0.29) is 0 Å². The lowest BCUT2D eigenvalue weighted by atomic mass is 9.39. The van der Waals surface area contributed by atoms with Gasteiger partial charge < -0.3 is 0 Å². The average Bonchev–Trinajstić information content (AvgIpc) is 1.91. The summed E-state index contributed by atoms with van der Waals surface area (Å²) in [7, 11) is 0. The molecule has 0 bridgehead atoms. The van der Waals surface area contributed by atoms with Crippen molar-refractivity contribution >= 4 is 6.71 Å². The summed E-state index contributed by atoms with van der Waals surface area (Å²) in [5.41, 5.74) is 0. The first kappa shape index (κ1) is 7.18. The molecule has 0 unspecified atom stereocenters. The fourth-order valence-corrected chi connectivity index (χ4v) is 1.88. The molecule has 0 saturated carbocycles. The molecule has 0 spiro atoms. The van der Waals surface area contributed by atoms with Crippen LogP contribution in [0.4, 0.5) is 0 Å². The highest BCUT2D eigenvalue weighted by Crippen LogP contribution is 2.21. The van der Waals surface area contributed by atoms with Gasteiger partial charge >= 0.3 is 0 Å². The van der Waals surface area contributed by atoms with E-state index in [1.165, 1.54) is 44.6 Å². The molecule has 1 heteroatoms. The van der Waals surface area contributed by atoms with Gasteiger partial charge in [0.2, 0.25) is 0 Å². The lowest BCUT2D eigenvalue weighted by molar-refractivity contribution is 0.717. The first-order valence-electron chi connectivity index (χ1n) is 4.43. The fraction of sp³-hybridized carbons (Fsp3) is 1.00. The molecular weight excluding hydrogens is 107 g/mol. The van der Waals surface area contributed by atoms with Crippen LogP contribution in [0.1, 0.15) is 32.6 Å². The summed E-state index contributed by atoms with van der Waals surface area (Å²) in [5.74, 6) is 0. The summed E-state index contributed by atoms with van der Waals surface area (Å²) in [4.78, 5) is 0. The van der Waals surface area contributed by atoms with Gasteiger partial charge in [0.05, 0.1) is 0 Å². The van der Waals surface area contributed by atoms with Crippen molar-refractivity contribution in [1.82, 2.24) is 0 Å². The third-order valence-corrected chi connectivity index (χ3v) is 2.42. The number of hydrogen-bond donors (Lipinski definition) is 0. The van der Waals surface area contributed by atoms with E-state index in [4.69, 9.17) is 0 Å². The molecule has 1 rings (SSSR count). The van der Waals surface area contributed by atoms with E-state index in [1.54, 1.807) is 0 Å². The van der Waals surface area contributed by atoms with Gasteiger partial charge in [0, 0.05) is 0 Å². The smallest absolute Gasteiger partial charge is 0.0744 e. The monoisotopic (exact) mass is 124 g/mol. The Morgan fingerprint density at radius 3 is 2.33 bits per heavy atom. The first-order chi connectivity index (χ1) is 4.43. The summed E-state index contributed by atoms with van der Waals surface area (Å²) in [6, 6.07) is 0. The quantitative estimate of drug-likeness (QED) is 0.496. The second kappa shape index (κ2) is 3.97. The van der Waals surface area contributed by atoms with Crippen LogP contribution in [-0.4, -0.2) is 6.71 Å². The first-order valence-corrected chi connectivity index (χ1v) is 4.43. The zero-order chi connectivity index (χ0) is 6.53. The molecule has 1 heterocycles. The van der Waals surface area contributed by atoms with Crippen LogP contribution in [0.5, 0.6) is 0 Å². The topological polar surface area (TPSA) is 0 Å². The van der Waals surface area contributed by atoms with Crippen molar-refractivity contribution in [3.05, 3.63) is 0 Å². The molecule has 0 atom stereocenters. The molecule has 1 saturated heterocycles. The Bertz CT molecular complexity index is 62.2. The van der Waals surface area contributed by atoms with Crippen LogP contribution in [0.3, 0.4) is 0 Å².